The maximum absolute atomic E-state index is 13.4. The van der Waals surface area contributed by atoms with Crippen LogP contribution in [-0.4, -0.2) is 69.4 Å². The minimum Gasteiger partial charge on any atom is -0.756 e. The van der Waals surface area contributed by atoms with Crippen molar-refractivity contribution in [3.63, 3.8) is 0 Å². The van der Waals surface area contributed by atoms with Gasteiger partial charge in [0.15, 0.2) is 0 Å². The number of phosphoric acid groups is 1. The highest BCUT2D eigenvalue weighted by atomic mass is 31.2. The summed E-state index contributed by atoms with van der Waals surface area (Å²) in [5.74, 6) is -0.538. The Morgan fingerprint density at radius 3 is 1.22 bits per heavy atom. The van der Waals surface area contributed by atoms with E-state index in [1.54, 1.807) is 0 Å². The van der Waals surface area contributed by atoms with E-state index in [1.807, 2.05) is 33.3 Å². The average Bonchev–Trinajstić information content (AvgIpc) is 3.34. The van der Waals surface area contributed by atoms with Crippen molar-refractivity contribution < 1.29 is 37.3 Å². The number of likely N-dealkylation sites (N-methyl/N-ethyl adjacent to an activating group) is 1. The van der Waals surface area contributed by atoms with Gasteiger partial charge in [-0.2, -0.15) is 0 Å². The molecule has 0 radical (unpaired) electrons. The van der Waals surface area contributed by atoms with Crippen LogP contribution in [0.4, 0.5) is 0 Å². The molecule has 0 spiro atoms. The number of quaternary nitrogens is 1. The number of hydrogen-bond donors (Lipinski definition) is 1. The standard InChI is InChI=1S/C62H121N2O7P/c1-7-10-13-16-19-22-25-27-28-29-30-31-32-33-34-35-36-37-40-43-46-49-52-55-62(66)71-60(53-50-47-44-41-39-26-23-20-17-14-11-8-2)59(58-70-72(67,68)69-57-56-64(4,5)6)63-61(65)54-51-48-45-42-38-24-21-18-15-12-9-3/h18,21,50,53,59-60H,7-17,19-20,22-49,51-52,54-58H2,1-6H3,(H-,63,65,67,68)/b21-18-,53-50-. The Balaban J connectivity index is 5.07. The van der Waals surface area contributed by atoms with Gasteiger partial charge in [0, 0.05) is 12.8 Å². The lowest BCUT2D eigenvalue weighted by molar-refractivity contribution is -0.870. The summed E-state index contributed by atoms with van der Waals surface area (Å²) < 4.78 is 30.3. The molecule has 0 aromatic carbocycles. The Kier molecular flexibility index (Phi) is 51.8. The number of esters is 1. The Morgan fingerprint density at radius 1 is 0.472 bits per heavy atom. The zero-order chi connectivity index (χ0) is 52.9. The third-order valence-electron chi connectivity index (χ3n) is 14.1. The molecule has 72 heavy (non-hydrogen) atoms. The molecule has 0 aliphatic heterocycles. The van der Waals surface area contributed by atoms with Crippen LogP contribution in [0.15, 0.2) is 24.3 Å². The van der Waals surface area contributed by atoms with E-state index in [2.05, 4.69) is 38.2 Å². The second-order valence-electron chi connectivity index (χ2n) is 22.6. The summed E-state index contributed by atoms with van der Waals surface area (Å²) in [6.07, 6.45) is 61.6. The van der Waals surface area contributed by atoms with Crippen LogP contribution in [0, 0.1) is 0 Å². The first-order valence-electron chi connectivity index (χ1n) is 31.1. The summed E-state index contributed by atoms with van der Waals surface area (Å²) in [6, 6.07) is -0.886. The van der Waals surface area contributed by atoms with Gasteiger partial charge in [0.05, 0.1) is 33.8 Å². The highest BCUT2D eigenvalue weighted by molar-refractivity contribution is 7.45. The summed E-state index contributed by atoms with van der Waals surface area (Å²) >= 11 is 0. The average molecular weight is 1040 g/mol. The van der Waals surface area contributed by atoms with Crippen LogP contribution in [0.25, 0.3) is 0 Å². The Hall–Kier alpha value is -1.51. The summed E-state index contributed by atoms with van der Waals surface area (Å²) in [5, 5.41) is 3.02. The van der Waals surface area contributed by atoms with Crippen molar-refractivity contribution in [3.05, 3.63) is 24.3 Å². The molecule has 0 fully saturated rings. The molecule has 1 amide bonds. The van der Waals surface area contributed by atoms with Gasteiger partial charge in [0.1, 0.15) is 19.3 Å². The van der Waals surface area contributed by atoms with Crippen molar-refractivity contribution >= 4 is 19.7 Å². The number of rotatable bonds is 57. The monoisotopic (exact) mass is 1040 g/mol. The molecule has 0 aliphatic rings. The maximum atomic E-state index is 13.4. The second-order valence-corrected chi connectivity index (χ2v) is 24.0. The molecule has 0 rings (SSSR count). The van der Waals surface area contributed by atoms with Gasteiger partial charge < -0.3 is 28.5 Å². The molecule has 426 valence electrons. The molecule has 0 heterocycles. The number of nitrogens with one attached hydrogen (secondary N) is 1. The van der Waals surface area contributed by atoms with Crippen LogP contribution >= 0.6 is 7.82 Å². The van der Waals surface area contributed by atoms with E-state index in [0.717, 1.165) is 83.5 Å². The molecule has 10 heteroatoms. The van der Waals surface area contributed by atoms with E-state index in [-0.39, 0.29) is 31.5 Å². The van der Waals surface area contributed by atoms with E-state index in [9.17, 15) is 19.0 Å². The first kappa shape index (κ1) is 70.5. The molecule has 3 atom stereocenters. The quantitative estimate of drug-likeness (QED) is 0.0212. The minimum absolute atomic E-state index is 0.0206. The van der Waals surface area contributed by atoms with Gasteiger partial charge in [-0.3, -0.25) is 14.2 Å². The van der Waals surface area contributed by atoms with Crippen LogP contribution in [0.5, 0.6) is 0 Å². The summed E-state index contributed by atoms with van der Waals surface area (Å²) in [6.45, 7) is 6.83. The van der Waals surface area contributed by atoms with Crippen molar-refractivity contribution in [2.24, 2.45) is 0 Å². The van der Waals surface area contributed by atoms with Gasteiger partial charge >= 0.3 is 5.97 Å². The largest absolute Gasteiger partial charge is 0.756 e. The van der Waals surface area contributed by atoms with Crippen LogP contribution in [0.3, 0.4) is 0 Å². The molecular weight excluding hydrogens is 916 g/mol. The first-order chi connectivity index (χ1) is 34.9. The van der Waals surface area contributed by atoms with Gasteiger partial charge in [-0.05, 0) is 51.0 Å². The predicted molar refractivity (Wildman–Crippen MR) is 307 cm³/mol. The van der Waals surface area contributed by atoms with Gasteiger partial charge in [0.25, 0.3) is 7.82 Å². The molecule has 3 unspecified atom stereocenters. The van der Waals surface area contributed by atoms with Crippen LogP contribution in [0.1, 0.15) is 310 Å². The molecule has 0 saturated carbocycles. The van der Waals surface area contributed by atoms with Gasteiger partial charge in [-0.1, -0.05) is 270 Å². The summed E-state index contributed by atoms with van der Waals surface area (Å²) in [4.78, 5) is 39.9. The van der Waals surface area contributed by atoms with E-state index >= 15 is 0 Å². The highest BCUT2D eigenvalue weighted by Gasteiger charge is 2.27. The fourth-order valence-electron chi connectivity index (χ4n) is 9.27. The Morgan fingerprint density at radius 2 is 0.819 bits per heavy atom. The smallest absolute Gasteiger partial charge is 0.306 e. The SMILES string of the molecule is CCCC/C=C\CCCCCCCC(=O)NC(COP(=O)([O-])OCC[N+](C)(C)C)C(/C=C\CCCCCCCCCCCC)OC(=O)CCCCCCCCCCCCCCCCCCCCCCCCC. The van der Waals surface area contributed by atoms with Crippen molar-refractivity contribution in [3.8, 4) is 0 Å². The first-order valence-corrected chi connectivity index (χ1v) is 32.6. The van der Waals surface area contributed by atoms with E-state index in [1.165, 1.54) is 193 Å². The molecule has 0 aromatic heterocycles. The molecular formula is C62H121N2O7P. The number of carbonyl (C=O) groups excluding carboxylic acids is 2. The van der Waals surface area contributed by atoms with Gasteiger partial charge in [0.2, 0.25) is 5.91 Å². The molecule has 0 saturated heterocycles. The van der Waals surface area contributed by atoms with Crippen LogP contribution < -0.4 is 10.2 Å². The summed E-state index contributed by atoms with van der Waals surface area (Å²) in [7, 11) is 1.19. The zero-order valence-corrected chi connectivity index (χ0v) is 49.6. The number of allylic oxidation sites excluding steroid dienone is 3. The second kappa shape index (κ2) is 52.9. The van der Waals surface area contributed by atoms with Crippen molar-refractivity contribution in [1.29, 1.82) is 0 Å². The van der Waals surface area contributed by atoms with Crippen molar-refractivity contribution in [2.75, 3.05) is 40.9 Å². The third-order valence-corrected chi connectivity index (χ3v) is 15.1. The molecule has 9 nitrogen and oxygen atoms in total. The normalized spacial score (nSPS) is 13.8. The van der Waals surface area contributed by atoms with Crippen molar-refractivity contribution in [1.82, 2.24) is 5.32 Å². The lowest BCUT2D eigenvalue weighted by Crippen LogP contribution is -2.47. The number of ether oxygens (including phenoxy) is 1. The number of hydrogen-bond acceptors (Lipinski definition) is 7. The van der Waals surface area contributed by atoms with Crippen LogP contribution in [-0.2, 0) is 27.9 Å². The predicted octanol–water partition coefficient (Wildman–Crippen LogP) is 18.3. The molecule has 1 N–H and O–H groups in total. The molecule has 0 aromatic rings. The Labute approximate surface area is 447 Å². The number of phosphoric ester groups is 1. The number of unbranched alkanes of at least 4 members (excludes halogenated alkanes) is 39. The topological polar surface area (TPSA) is 114 Å². The number of amides is 1. The van der Waals surface area contributed by atoms with Crippen molar-refractivity contribution in [2.45, 2.75) is 322 Å². The Bertz CT molecular complexity index is 1290. The minimum atomic E-state index is -4.69. The number of nitrogens with zero attached hydrogens (tertiary/aromatic N) is 1. The molecule has 0 bridgehead atoms. The lowest BCUT2D eigenvalue weighted by Gasteiger charge is -2.30. The third kappa shape index (κ3) is 53.3. The highest BCUT2D eigenvalue weighted by Crippen LogP contribution is 2.38. The zero-order valence-electron chi connectivity index (χ0n) is 48.7. The lowest BCUT2D eigenvalue weighted by atomic mass is 10.0. The van der Waals surface area contributed by atoms with Crippen LogP contribution in [0.2, 0.25) is 0 Å². The maximum Gasteiger partial charge on any atom is 0.306 e. The van der Waals surface area contributed by atoms with E-state index in [4.69, 9.17) is 13.8 Å². The van der Waals surface area contributed by atoms with Gasteiger partial charge in [-0.25, -0.2) is 0 Å². The summed E-state index contributed by atoms with van der Waals surface area (Å²) in [5.41, 5.74) is 0. The van der Waals surface area contributed by atoms with E-state index in [0.29, 0.717) is 17.4 Å². The fourth-order valence-corrected chi connectivity index (χ4v) is 9.99. The number of carbonyl (C=O) groups is 2. The van der Waals surface area contributed by atoms with Gasteiger partial charge in [-0.15, -0.1) is 0 Å². The molecule has 0 aliphatic carbocycles. The van der Waals surface area contributed by atoms with E-state index < -0.39 is 20.0 Å². The fraction of sp³-hybridized carbons (Fsp3) is 0.903.